The molecule has 0 saturated carbocycles. The normalized spacial score (nSPS) is 15.0. The summed E-state index contributed by atoms with van der Waals surface area (Å²) in [6, 6.07) is 15.6. The minimum atomic E-state index is -3.53. The summed E-state index contributed by atoms with van der Waals surface area (Å²) in [5.74, 6) is 0.615. The summed E-state index contributed by atoms with van der Waals surface area (Å²) in [7, 11) is -3.53. The van der Waals surface area contributed by atoms with Crippen LogP contribution in [0.15, 0.2) is 54.6 Å². The summed E-state index contributed by atoms with van der Waals surface area (Å²) >= 11 is 0. The van der Waals surface area contributed by atoms with Crippen molar-refractivity contribution in [3.63, 3.8) is 0 Å². The number of hydrogen-bond donors (Lipinski definition) is 1. The second-order valence-corrected chi connectivity index (χ2v) is 9.93. The van der Waals surface area contributed by atoms with E-state index in [0.29, 0.717) is 43.5 Å². The van der Waals surface area contributed by atoms with Crippen LogP contribution in [0.3, 0.4) is 0 Å². The number of hydrogen-bond acceptors (Lipinski definition) is 6. The molecule has 1 aliphatic rings. The monoisotopic (exact) mass is 455 g/mol. The van der Waals surface area contributed by atoms with Crippen LogP contribution in [0.25, 0.3) is 0 Å². The number of rotatable bonds is 6. The minimum absolute atomic E-state index is 0.212. The molecule has 1 aromatic heterocycles. The largest absolute Gasteiger partial charge is 0.340 e. The Kier molecular flexibility index (Phi) is 6.38. The number of anilines is 3. The third-order valence-electron chi connectivity index (χ3n) is 5.32. The van der Waals surface area contributed by atoms with Crippen molar-refractivity contribution in [2.45, 2.75) is 19.6 Å². The highest BCUT2D eigenvalue weighted by Crippen LogP contribution is 2.21. The third kappa shape index (κ3) is 5.41. The number of nitrogens with one attached hydrogen (secondary N) is 1. The van der Waals surface area contributed by atoms with Gasteiger partial charge in [-0.15, -0.1) is 0 Å². The molecule has 168 valence electrons. The topological polar surface area (TPSA) is 78.4 Å². The molecule has 0 amide bonds. The summed E-state index contributed by atoms with van der Waals surface area (Å²) in [4.78, 5) is 11.2. The maximum atomic E-state index is 13.4. The van der Waals surface area contributed by atoms with E-state index in [-0.39, 0.29) is 5.75 Å². The van der Waals surface area contributed by atoms with Crippen molar-refractivity contribution in [1.29, 1.82) is 0 Å². The lowest BCUT2D eigenvalue weighted by atomic mass is 10.2. The van der Waals surface area contributed by atoms with Gasteiger partial charge < -0.3 is 10.2 Å². The van der Waals surface area contributed by atoms with Crippen LogP contribution in [0.2, 0.25) is 0 Å². The maximum Gasteiger partial charge on any atom is 0.227 e. The summed E-state index contributed by atoms with van der Waals surface area (Å²) in [6.45, 7) is 5.57. The van der Waals surface area contributed by atoms with E-state index in [1.807, 2.05) is 49.1 Å². The molecule has 2 heterocycles. The minimum Gasteiger partial charge on any atom is -0.340 e. The Morgan fingerprint density at radius 2 is 1.69 bits per heavy atom. The van der Waals surface area contributed by atoms with Gasteiger partial charge in [-0.3, -0.25) is 0 Å². The van der Waals surface area contributed by atoms with Crippen LogP contribution in [0, 0.1) is 19.7 Å². The van der Waals surface area contributed by atoms with E-state index in [9.17, 15) is 12.8 Å². The molecule has 0 atom stereocenters. The zero-order valence-corrected chi connectivity index (χ0v) is 18.9. The van der Waals surface area contributed by atoms with Crippen LogP contribution >= 0.6 is 0 Å². The molecule has 0 unspecified atom stereocenters. The fourth-order valence-corrected chi connectivity index (χ4v) is 5.14. The number of aryl methyl sites for hydroxylation is 2. The lowest BCUT2D eigenvalue weighted by molar-refractivity contribution is 0.382. The Balaban J connectivity index is 1.42. The van der Waals surface area contributed by atoms with Gasteiger partial charge in [0.15, 0.2) is 0 Å². The zero-order valence-electron chi connectivity index (χ0n) is 18.1. The third-order valence-corrected chi connectivity index (χ3v) is 7.17. The lowest BCUT2D eigenvalue weighted by Gasteiger charge is -2.34. The van der Waals surface area contributed by atoms with Gasteiger partial charge in [-0.2, -0.15) is 9.29 Å². The molecule has 1 fully saturated rings. The maximum absolute atomic E-state index is 13.4. The second kappa shape index (κ2) is 9.22. The van der Waals surface area contributed by atoms with Crippen LogP contribution in [0.4, 0.5) is 21.8 Å². The van der Waals surface area contributed by atoms with E-state index in [1.165, 1.54) is 28.1 Å². The fraction of sp³-hybridized carbons (Fsp3) is 0.304. The van der Waals surface area contributed by atoms with Crippen LogP contribution in [-0.4, -0.2) is 48.9 Å². The van der Waals surface area contributed by atoms with Crippen molar-refractivity contribution in [1.82, 2.24) is 14.3 Å². The van der Waals surface area contributed by atoms with Crippen LogP contribution < -0.4 is 10.2 Å². The van der Waals surface area contributed by atoms with Crippen molar-refractivity contribution in [2.24, 2.45) is 0 Å². The van der Waals surface area contributed by atoms with Crippen molar-refractivity contribution in [3.05, 3.63) is 77.2 Å². The highest BCUT2D eigenvalue weighted by molar-refractivity contribution is 7.88. The molecule has 4 rings (SSSR count). The Hall–Kier alpha value is -3.04. The van der Waals surface area contributed by atoms with Crippen LogP contribution in [0.5, 0.6) is 0 Å². The number of halogens is 1. The molecule has 0 aliphatic carbocycles. The smallest absolute Gasteiger partial charge is 0.227 e. The van der Waals surface area contributed by atoms with E-state index in [1.54, 1.807) is 6.07 Å². The van der Waals surface area contributed by atoms with Gasteiger partial charge in [-0.1, -0.05) is 29.8 Å². The Morgan fingerprint density at radius 3 is 2.38 bits per heavy atom. The van der Waals surface area contributed by atoms with Gasteiger partial charge in [0.25, 0.3) is 0 Å². The standard InChI is InChI=1S/C23H26FN5O2S/c1-17-6-8-21(9-7-17)26-22-14-18(2)25-23(27-22)28-10-12-29(13-11-28)32(30,31)16-19-4-3-5-20(24)15-19/h3-9,14-15H,10-13,16H2,1-2H3,(H,25,26,27). The number of benzene rings is 2. The average molecular weight is 456 g/mol. The van der Waals surface area contributed by atoms with E-state index >= 15 is 0 Å². The van der Waals surface area contributed by atoms with Crippen molar-refractivity contribution in [3.8, 4) is 0 Å². The number of piperazine rings is 1. The quantitative estimate of drug-likeness (QED) is 0.612. The SMILES string of the molecule is Cc1ccc(Nc2cc(C)nc(N3CCN(S(=O)(=O)Cc4cccc(F)c4)CC3)n2)cc1. The fourth-order valence-electron chi connectivity index (χ4n) is 3.64. The lowest BCUT2D eigenvalue weighted by Crippen LogP contribution is -2.49. The first-order valence-electron chi connectivity index (χ1n) is 10.5. The van der Waals surface area contributed by atoms with Crippen LogP contribution in [-0.2, 0) is 15.8 Å². The molecule has 1 saturated heterocycles. The van der Waals surface area contributed by atoms with E-state index < -0.39 is 15.8 Å². The Morgan fingerprint density at radius 1 is 0.969 bits per heavy atom. The molecular formula is C23H26FN5O2S. The molecular weight excluding hydrogens is 429 g/mol. The summed E-state index contributed by atoms with van der Waals surface area (Å²) in [5.41, 5.74) is 3.39. The van der Waals surface area contributed by atoms with Gasteiger partial charge in [0, 0.05) is 43.6 Å². The summed E-state index contributed by atoms with van der Waals surface area (Å²) in [6.07, 6.45) is 0. The van der Waals surface area contributed by atoms with Crippen molar-refractivity contribution < 1.29 is 12.8 Å². The Labute approximate surface area is 188 Å². The van der Waals surface area contributed by atoms with Crippen LogP contribution in [0.1, 0.15) is 16.8 Å². The molecule has 3 aromatic rings. The van der Waals surface area contributed by atoms with Crippen molar-refractivity contribution in [2.75, 3.05) is 36.4 Å². The number of nitrogens with zero attached hydrogens (tertiary/aromatic N) is 4. The predicted molar refractivity (Wildman–Crippen MR) is 124 cm³/mol. The Bertz CT molecular complexity index is 1190. The van der Waals surface area contributed by atoms with E-state index in [0.717, 1.165) is 11.4 Å². The molecule has 0 bridgehead atoms. The molecule has 1 N–H and O–H groups in total. The zero-order chi connectivity index (χ0) is 22.7. The van der Waals surface area contributed by atoms with Gasteiger partial charge in [0.05, 0.1) is 5.75 Å². The average Bonchev–Trinajstić information content (AvgIpc) is 2.75. The first-order valence-corrected chi connectivity index (χ1v) is 12.1. The van der Waals surface area contributed by atoms with E-state index in [2.05, 4.69) is 15.3 Å². The number of aromatic nitrogens is 2. The molecule has 9 heteroatoms. The van der Waals surface area contributed by atoms with Crippen molar-refractivity contribution >= 4 is 27.5 Å². The van der Waals surface area contributed by atoms with Gasteiger partial charge in [-0.25, -0.2) is 17.8 Å². The molecule has 7 nitrogen and oxygen atoms in total. The molecule has 32 heavy (non-hydrogen) atoms. The summed E-state index contributed by atoms with van der Waals surface area (Å²) in [5, 5.41) is 3.30. The molecule has 1 aliphatic heterocycles. The predicted octanol–water partition coefficient (Wildman–Crippen LogP) is 3.63. The van der Waals surface area contributed by atoms with Gasteiger partial charge in [-0.05, 0) is 43.7 Å². The summed E-state index contributed by atoms with van der Waals surface area (Å²) < 4.78 is 40.4. The number of sulfonamides is 1. The first kappa shape index (κ1) is 22.2. The molecule has 0 radical (unpaired) electrons. The molecule has 0 spiro atoms. The molecule has 2 aromatic carbocycles. The van der Waals surface area contributed by atoms with Gasteiger partial charge in [0.1, 0.15) is 11.6 Å². The van der Waals surface area contributed by atoms with Gasteiger partial charge in [0.2, 0.25) is 16.0 Å². The highest BCUT2D eigenvalue weighted by Gasteiger charge is 2.28. The second-order valence-electron chi connectivity index (χ2n) is 7.96. The van der Waals surface area contributed by atoms with E-state index in [4.69, 9.17) is 0 Å². The van der Waals surface area contributed by atoms with Gasteiger partial charge >= 0.3 is 0 Å². The highest BCUT2D eigenvalue weighted by atomic mass is 32.2. The first-order chi connectivity index (χ1) is 15.3.